The molecule has 0 atom stereocenters. The van der Waals surface area contributed by atoms with Gasteiger partial charge in [0, 0.05) is 13.8 Å². The van der Waals surface area contributed by atoms with Crippen LogP contribution in [0.15, 0.2) is 29.3 Å². The zero-order chi connectivity index (χ0) is 14.7. The number of fused-ring (bicyclic) bond motifs is 1. The standard InChI is InChI=1S/C13H12N2O4S/c1-8(16)15-7-12(18)19-11-6-4-3-5-10(11)14-13(15)20-9(2)17/h3-6H,7H2,1-2H3. The number of amides is 1. The Bertz CT molecular complexity index is 612. The maximum atomic E-state index is 11.8. The number of carbonyl (C=O) groups is 3. The Morgan fingerprint density at radius 3 is 2.65 bits per heavy atom. The van der Waals surface area contributed by atoms with Gasteiger partial charge in [0.2, 0.25) is 5.91 Å². The largest absolute Gasteiger partial charge is 0.423 e. The second-order valence-electron chi connectivity index (χ2n) is 4.03. The summed E-state index contributed by atoms with van der Waals surface area (Å²) in [6, 6.07) is 6.69. The Kier molecular flexibility index (Phi) is 4.19. The Morgan fingerprint density at radius 1 is 1.30 bits per heavy atom. The van der Waals surface area contributed by atoms with Crippen molar-refractivity contribution < 1.29 is 19.1 Å². The van der Waals surface area contributed by atoms with Crippen molar-refractivity contribution >= 4 is 39.6 Å². The highest BCUT2D eigenvalue weighted by Gasteiger charge is 2.25. The molecule has 20 heavy (non-hydrogen) atoms. The summed E-state index contributed by atoms with van der Waals surface area (Å²) in [4.78, 5) is 40.1. The van der Waals surface area contributed by atoms with Gasteiger partial charge in [0.1, 0.15) is 12.2 Å². The molecule has 7 heteroatoms. The van der Waals surface area contributed by atoms with E-state index in [0.29, 0.717) is 11.4 Å². The Hall–Kier alpha value is -2.15. The summed E-state index contributed by atoms with van der Waals surface area (Å²) in [5.74, 6) is -0.652. The van der Waals surface area contributed by atoms with Crippen LogP contribution in [0.25, 0.3) is 0 Å². The van der Waals surface area contributed by atoms with Crippen molar-refractivity contribution in [3.8, 4) is 5.75 Å². The molecular formula is C13H12N2O4S. The minimum atomic E-state index is -0.579. The first-order valence-electron chi connectivity index (χ1n) is 5.82. The molecule has 1 aliphatic rings. The lowest BCUT2D eigenvalue weighted by atomic mass is 10.3. The topological polar surface area (TPSA) is 76.0 Å². The molecule has 0 saturated carbocycles. The van der Waals surface area contributed by atoms with Gasteiger partial charge in [0.05, 0.1) is 0 Å². The highest BCUT2D eigenvalue weighted by Crippen LogP contribution is 2.30. The summed E-state index contributed by atoms with van der Waals surface area (Å²) in [5, 5.41) is -0.0458. The summed E-state index contributed by atoms with van der Waals surface area (Å²) >= 11 is 0.808. The summed E-state index contributed by atoms with van der Waals surface area (Å²) in [5.41, 5.74) is 0.399. The number of ether oxygens (including phenoxy) is 1. The van der Waals surface area contributed by atoms with Crippen LogP contribution >= 0.6 is 11.8 Å². The number of thioether (sulfide) groups is 1. The van der Waals surface area contributed by atoms with Crippen LogP contribution < -0.4 is 4.74 Å². The number of hydrogen-bond donors (Lipinski definition) is 0. The van der Waals surface area contributed by atoms with Crippen LogP contribution in [0.4, 0.5) is 5.69 Å². The molecule has 0 radical (unpaired) electrons. The third-order valence-corrected chi connectivity index (χ3v) is 3.22. The van der Waals surface area contributed by atoms with Gasteiger partial charge in [0.25, 0.3) is 0 Å². The molecule has 0 aliphatic carbocycles. The van der Waals surface area contributed by atoms with E-state index in [9.17, 15) is 14.4 Å². The molecule has 1 aromatic rings. The van der Waals surface area contributed by atoms with Gasteiger partial charge >= 0.3 is 5.97 Å². The van der Waals surface area contributed by atoms with E-state index in [4.69, 9.17) is 4.74 Å². The molecule has 1 amide bonds. The quantitative estimate of drug-likeness (QED) is 0.537. The molecule has 0 saturated heterocycles. The Balaban J connectivity index is 2.53. The van der Waals surface area contributed by atoms with Crippen LogP contribution in [-0.4, -0.2) is 33.6 Å². The van der Waals surface area contributed by atoms with E-state index < -0.39 is 5.97 Å². The van der Waals surface area contributed by atoms with E-state index in [1.807, 2.05) is 0 Å². The minimum absolute atomic E-state index is 0.175. The molecule has 0 bridgehead atoms. The number of para-hydroxylation sites is 2. The van der Waals surface area contributed by atoms with Crippen molar-refractivity contribution in [3.63, 3.8) is 0 Å². The molecule has 0 spiro atoms. The molecule has 6 nitrogen and oxygen atoms in total. The predicted molar refractivity (Wildman–Crippen MR) is 74.8 cm³/mol. The highest BCUT2D eigenvalue weighted by atomic mass is 32.2. The summed E-state index contributed by atoms with van der Waals surface area (Å²) in [7, 11) is 0. The molecule has 1 heterocycles. The molecule has 0 aromatic heterocycles. The third-order valence-electron chi connectivity index (χ3n) is 2.44. The van der Waals surface area contributed by atoms with Crippen molar-refractivity contribution in [2.45, 2.75) is 13.8 Å². The molecule has 0 unspecified atom stereocenters. The zero-order valence-electron chi connectivity index (χ0n) is 11.0. The fourth-order valence-corrected chi connectivity index (χ4v) is 2.31. The molecule has 0 N–H and O–H groups in total. The number of rotatable bonds is 0. The number of amidine groups is 1. The van der Waals surface area contributed by atoms with Crippen LogP contribution in [0.5, 0.6) is 5.75 Å². The van der Waals surface area contributed by atoms with Gasteiger partial charge in [-0.2, -0.15) is 0 Å². The number of nitrogens with zero attached hydrogens (tertiary/aromatic N) is 2. The maximum absolute atomic E-state index is 11.8. The van der Waals surface area contributed by atoms with Crippen LogP contribution in [0, 0.1) is 0 Å². The van der Waals surface area contributed by atoms with Crippen LogP contribution in [0.2, 0.25) is 0 Å². The summed E-state index contributed by atoms with van der Waals surface area (Å²) < 4.78 is 5.14. The zero-order valence-corrected chi connectivity index (χ0v) is 11.8. The minimum Gasteiger partial charge on any atom is -0.423 e. The lowest BCUT2D eigenvalue weighted by Gasteiger charge is -2.23. The van der Waals surface area contributed by atoms with Gasteiger partial charge in [-0.15, -0.1) is 0 Å². The fraction of sp³-hybridized carbons (Fsp3) is 0.231. The normalized spacial score (nSPS) is 14.6. The maximum Gasteiger partial charge on any atom is 0.331 e. The van der Waals surface area contributed by atoms with E-state index in [0.717, 1.165) is 16.7 Å². The Morgan fingerprint density at radius 2 is 2.00 bits per heavy atom. The lowest BCUT2D eigenvalue weighted by molar-refractivity contribution is -0.139. The van der Waals surface area contributed by atoms with Gasteiger partial charge in [-0.3, -0.25) is 14.5 Å². The van der Waals surface area contributed by atoms with Crippen LogP contribution in [-0.2, 0) is 14.4 Å². The lowest BCUT2D eigenvalue weighted by Crippen LogP contribution is -2.40. The smallest absolute Gasteiger partial charge is 0.331 e. The second kappa shape index (κ2) is 5.87. The van der Waals surface area contributed by atoms with Gasteiger partial charge < -0.3 is 4.74 Å². The SMILES string of the molecule is CC(=O)SC1=Nc2ccccc2OC(=O)CN1C(C)=O. The molecule has 1 aliphatic heterocycles. The van der Waals surface area contributed by atoms with E-state index in [-0.39, 0.29) is 22.7 Å². The van der Waals surface area contributed by atoms with Crippen molar-refractivity contribution in [2.24, 2.45) is 4.99 Å². The highest BCUT2D eigenvalue weighted by molar-refractivity contribution is 8.26. The van der Waals surface area contributed by atoms with Gasteiger partial charge in [-0.25, -0.2) is 9.79 Å². The molecule has 1 aromatic carbocycles. The average Bonchev–Trinajstić information content (AvgIpc) is 2.34. The molecular weight excluding hydrogens is 280 g/mol. The van der Waals surface area contributed by atoms with E-state index >= 15 is 0 Å². The average molecular weight is 292 g/mol. The fourth-order valence-electron chi connectivity index (χ4n) is 1.60. The van der Waals surface area contributed by atoms with Crippen LogP contribution in [0.3, 0.4) is 0 Å². The number of hydrogen-bond acceptors (Lipinski definition) is 6. The first kappa shape index (κ1) is 14.3. The van der Waals surface area contributed by atoms with E-state index in [2.05, 4.69) is 4.99 Å². The third kappa shape index (κ3) is 3.24. The van der Waals surface area contributed by atoms with E-state index in [1.54, 1.807) is 24.3 Å². The number of benzene rings is 1. The van der Waals surface area contributed by atoms with Gasteiger partial charge in [-0.1, -0.05) is 12.1 Å². The van der Waals surface area contributed by atoms with Crippen molar-refractivity contribution in [2.75, 3.05) is 6.54 Å². The second-order valence-corrected chi connectivity index (χ2v) is 5.18. The number of aliphatic imine (C=N–C) groups is 1. The Labute approximate surface area is 119 Å². The van der Waals surface area contributed by atoms with Crippen LogP contribution in [0.1, 0.15) is 13.8 Å². The number of carbonyl (C=O) groups excluding carboxylic acids is 3. The van der Waals surface area contributed by atoms with Gasteiger partial charge in [-0.05, 0) is 23.9 Å². The van der Waals surface area contributed by atoms with E-state index in [1.165, 1.54) is 13.8 Å². The summed E-state index contributed by atoms with van der Waals surface area (Å²) in [6.07, 6.45) is 0. The monoisotopic (exact) mass is 292 g/mol. The van der Waals surface area contributed by atoms with Crippen molar-refractivity contribution in [3.05, 3.63) is 24.3 Å². The van der Waals surface area contributed by atoms with Crippen molar-refractivity contribution in [1.82, 2.24) is 4.90 Å². The first-order chi connectivity index (χ1) is 9.47. The molecule has 2 rings (SSSR count). The molecule has 104 valence electrons. The molecule has 0 fully saturated rings. The predicted octanol–water partition coefficient (Wildman–Crippen LogP) is 1.72. The number of esters is 1. The van der Waals surface area contributed by atoms with Gasteiger partial charge in [0.15, 0.2) is 16.0 Å². The first-order valence-corrected chi connectivity index (χ1v) is 6.64. The summed E-state index contributed by atoms with van der Waals surface area (Å²) in [6.45, 7) is 2.40. The van der Waals surface area contributed by atoms with Crippen molar-refractivity contribution in [1.29, 1.82) is 0 Å².